The van der Waals surface area contributed by atoms with Gasteiger partial charge in [-0.05, 0) is 24.3 Å². The lowest BCUT2D eigenvalue weighted by Gasteiger charge is -2.12. The fourth-order valence-corrected chi connectivity index (χ4v) is 3.32. The number of anilines is 1. The zero-order chi connectivity index (χ0) is 19.3. The number of halogens is 1. The summed E-state index contributed by atoms with van der Waals surface area (Å²) < 4.78 is 27.4. The molecule has 1 amide bonds. The molecule has 2 aromatic carbocycles. The van der Waals surface area contributed by atoms with Crippen molar-refractivity contribution in [1.29, 1.82) is 0 Å². The number of sulfonamides is 1. The van der Waals surface area contributed by atoms with Gasteiger partial charge in [0.2, 0.25) is 0 Å². The third-order valence-corrected chi connectivity index (χ3v) is 4.93. The second-order valence-corrected chi connectivity index (χ2v) is 7.11. The first kappa shape index (κ1) is 19.4. The summed E-state index contributed by atoms with van der Waals surface area (Å²) in [5, 5.41) is 13.3. The Balaban J connectivity index is 2.39. The Morgan fingerprint density at radius 2 is 1.96 bits per heavy atom. The highest BCUT2D eigenvalue weighted by Crippen LogP contribution is 2.28. The molecule has 8 nitrogen and oxygen atoms in total. The molecule has 0 aliphatic rings. The molecule has 0 heterocycles. The Hall–Kier alpha value is -2.91. The minimum atomic E-state index is -4.18. The zero-order valence-electron chi connectivity index (χ0n) is 13.3. The topological polar surface area (TPSA) is 118 Å². The van der Waals surface area contributed by atoms with Gasteiger partial charge in [0.1, 0.15) is 5.02 Å². The number of para-hydroxylation sites is 1. The smallest absolute Gasteiger partial charge is 0.289 e. The van der Waals surface area contributed by atoms with Gasteiger partial charge in [0, 0.05) is 12.6 Å². The molecule has 0 radical (unpaired) electrons. The summed E-state index contributed by atoms with van der Waals surface area (Å²) in [5.74, 6) is -0.495. The number of nitro groups is 1. The van der Waals surface area contributed by atoms with Crippen molar-refractivity contribution < 1.29 is 18.1 Å². The summed E-state index contributed by atoms with van der Waals surface area (Å²) in [6.07, 6.45) is 1.48. The van der Waals surface area contributed by atoms with E-state index in [1.165, 1.54) is 18.2 Å². The van der Waals surface area contributed by atoms with Crippen LogP contribution in [0.4, 0.5) is 11.4 Å². The fraction of sp³-hybridized carbons (Fsp3) is 0.0625. The third kappa shape index (κ3) is 4.38. The van der Waals surface area contributed by atoms with Crippen LogP contribution in [0.2, 0.25) is 5.02 Å². The van der Waals surface area contributed by atoms with Crippen LogP contribution in [0.3, 0.4) is 0 Å². The predicted molar refractivity (Wildman–Crippen MR) is 97.9 cm³/mol. The van der Waals surface area contributed by atoms with Gasteiger partial charge in [0.15, 0.2) is 0 Å². The largest absolute Gasteiger partial charge is 0.349 e. The van der Waals surface area contributed by atoms with Gasteiger partial charge in [-0.15, -0.1) is 6.58 Å². The molecule has 0 bridgehead atoms. The lowest BCUT2D eigenvalue weighted by molar-refractivity contribution is -0.384. The van der Waals surface area contributed by atoms with E-state index in [0.29, 0.717) is 0 Å². The molecule has 0 spiro atoms. The lowest BCUT2D eigenvalue weighted by atomic mass is 10.1. The number of carbonyl (C=O) groups excluding carboxylic acids is 1. The number of carbonyl (C=O) groups is 1. The molecular formula is C16H14ClN3O5S. The van der Waals surface area contributed by atoms with E-state index in [0.717, 1.165) is 18.2 Å². The van der Waals surface area contributed by atoms with Gasteiger partial charge in [0.05, 0.1) is 21.1 Å². The van der Waals surface area contributed by atoms with Crippen LogP contribution < -0.4 is 10.0 Å². The maximum absolute atomic E-state index is 12.6. The number of rotatable bonds is 7. The van der Waals surface area contributed by atoms with Gasteiger partial charge in [0.25, 0.3) is 21.6 Å². The zero-order valence-corrected chi connectivity index (χ0v) is 14.9. The number of amides is 1. The Bertz CT molecular complexity index is 976. The van der Waals surface area contributed by atoms with Crippen molar-refractivity contribution in [2.45, 2.75) is 4.90 Å². The number of nitro benzene ring substituents is 1. The summed E-state index contributed by atoms with van der Waals surface area (Å²) in [6, 6.07) is 9.09. The normalized spacial score (nSPS) is 10.8. The quantitative estimate of drug-likeness (QED) is 0.424. The van der Waals surface area contributed by atoms with E-state index in [1.54, 1.807) is 12.1 Å². The van der Waals surface area contributed by atoms with E-state index in [2.05, 4.69) is 16.6 Å². The van der Waals surface area contributed by atoms with E-state index in [4.69, 9.17) is 11.6 Å². The molecule has 2 aromatic rings. The first-order valence-electron chi connectivity index (χ1n) is 7.21. The van der Waals surface area contributed by atoms with Crippen molar-refractivity contribution in [3.63, 3.8) is 0 Å². The van der Waals surface area contributed by atoms with Crippen LogP contribution in [0.1, 0.15) is 10.4 Å². The Kier molecular flexibility index (Phi) is 5.96. The summed E-state index contributed by atoms with van der Waals surface area (Å²) in [4.78, 5) is 22.0. The monoisotopic (exact) mass is 395 g/mol. The molecule has 26 heavy (non-hydrogen) atoms. The van der Waals surface area contributed by atoms with Crippen molar-refractivity contribution in [3.8, 4) is 0 Å². The standard InChI is InChI=1S/C16H14ClN3O5S/c1-2-9-18-16(21)12-5-3-4-6-14(12)19-26(24,25)11-7-8-13(17)15(10-11)20(22)23/h2-8,10,19H,1,9H2,(H,18,21). The Labute approximate surface area is 154 Å². The molecule has 136 valence electrons. The number of nitrogens with one attached hydrogen (secondary N) is 2. The molecule has 0 unspecified atom stereocenters. The molecule has 0 aromatic heterocycles. The Morgan fingerprint density at radius 1 is 1.27 bits per heavy atom. The molecule has 0 aliphatic heterocycles. The predicted octanol–water partition coefficient (Wildman–Crippen LogP) is 2.96. The van der Waals surface area contributed by atoms with Crippen molar-refractivity contribution in [3.05, 3.63) is 75.8 Å². The minimum Gasteiger partial charge on any atom is -0.349 e. The van der Waals surface area contributed by atoms with E-state index < -0.39 is 26.5 Å². The van der Waals surface area contributed by atoms with Gasteiger partial charge < -0.3 is 5.32 Å². The van der Waals surface area contributed by atoms with Crippen LogP contribution >= 0.6 is 11.6 Å². The van der Waals surface area contributed by atoms with E-state index in [-0.39, 0.29) is 27.7 Å². The van der Waals surface area contributed by atoms with Crippen molar-refractivity contribution >= 4 is 38.9 Å². The molecule has 10 heteroatoms. The molecule has 2 N–H and O–H groups in total. The summed E-state index contributed by atoms with van der Waals surface area (Å²) in [6.45, 7) is 3.70. The molecular weight excluding hydrogens is 382 g/mol. The lowest BCUT2D eigenvalue weighted by Crippen LogP contribution is -2.25. The maximum Gasteiger partial charge on any atom is 0.289 e. The molecule has 0 aliphatic carbocycles. The highest BCUT2D eigenvalue weighted by Gasteiger charge is 2.22. The highest BCUT2D eigenvalue weighted by molar-refractivity contribution is 7.92. The number of nitrogens with zero attached hydrogens (tertiary/aromatic N) is 1. The van der Waals surface area contributed by atoms with Crippen LogP contribution in [0.5, 0.6) is 0 Å². The molecule has 0 saturated carbocycles. The maximum atomic E-state index is 12.6. The van der Waals surface area contributed by atoms with Crippen LogP contribution in [0, 0.1) is 10.1 Å². The SMILES string of the molecule is C=CCNC(=O)c1ccccc1NS(=O)(=O)c1ccc(Cl)c([N+](=O)[O-])c1. The number of hydrogen-bond acceptors (Lipinski definition) is 5. The van der Waals surface area contributed by atoms with Crippen molar-refractivity contribution in [2.75, 3.05) is 11.3 Å². The molecule has 2 rings (SSSR count). The second-order valence-electron chi connectivity index (χ2n) is 5.02. The van der Waals surface area contributed by atoms with Gasteiger partial charge in [-0.25, -0.2) is 8.42 Å². The highest BCUT2D eigenvalue weighted by atomic mass is 35.5. The van der Waals surface area contributed by atoms with Gasteiger partial charge in [-0.3, -0.25) is 19.6 Å². The minimum absolute atomic E-state index is 0.0339. The Morgan fingerprint density at radius 3 is 2.62 bits per heavy atom. The van der Waals surface area contributed by atoms with Crippen LogP contribution in [0.25, 0.3) is 0 Å². The van der Waals surface area contributed by atoms with Crippen LogP contribution in [0.15, 0.2) is 60.0 Å². The van der Waals surface area contributed by atoms with Gasteiger partial charge >= 0.3 is 0 Å². The van der Waals surface area contributed by atoms with Crippen LogP contribution in [-0.4, -0.2) is 25.8 Å². The molecule has 0 atom stereocenters. The summed E-state index contributed by atoms with van der Waals surface area (Å²) in [5.41, 5.74) is -0.403. The first-order valence-corrected chi connectivity index (χ1v) is 9.07. The first-order chi connectivity index (χ1) is 12.3. The van der Waals surface area contributed by atoms with E-state index in [9.17, 15) is 23.3 Å². The number of hydrogen-bond donors (Lipinski definition) is 2. The fourth-order valence-electron chi connectivity index (χ4n) is 2.03. The summed E-state index contributed by atoms with van der Waals surface area (Å²) >= 11 is 5.70. The summed E-state index contributed by atoms with van der Waals surface area (Å²) in [7, 11) is -4.18. The molecule has 0 saturated heterocycles. The van der Waals surface area contributed by atoms with Crippen molar-refractivity contribution in [2.24, 2.45) is 0 Å². The average Bonchev–Trinajstić information content (AvgIpc) is 2.59. The van der Waals surface area contributed by atoms with Crippen molar-refractivity contribution in [1.82, 2.24) is 5.32 Å². The average molecular weight is 396 g/mol. The third-order valence-electron chi connectivity index (χ3n) is 3.25. The molecule has 0 fully saturated rings. The number of benzene rings is 2. The van der Waals surface area contributed by atoms with E-state index in [1.807, 2.05) is 0 Å². The van der Waals surface area contributed by atoms with Gasteiger partial charge in [-0.2, -0.15) is 0 Å². The van der Waals surface area contributed by atoms with E-state index >= 15 is 0 Å². The van der Waals surface area contributed by atoms with Crippen LogP contribution in [-0.2, 0) is 10.0 Å². The second kappa shape index (κ2) is 7.98. The van der Waals surface area contributed by atoms with Gasteiger partial charge in [-0.1, -0.05) is 29.8 Å².